The highest BCUT2D eigenvalue weighted by atomic mass is 79.9. The Hall–Kier alpha value is -1.99. The topological polar surface area (TPSA) is 71.5 Å². The fraction of sp³-hybridized carbons (Fsp3) is 0.176. The Bertz CT molecular complexity index is 938. The van der Waals surface area contributed by atoms with Gasteiger partial charge in [-0.25, -0.2) is 9.97 Å². The molecule has 3 aromatic rings. The number of hydrogen-bond donors (Lipinski definition) is 1. The maximum Gasteiger partial charge on any atom is 0.255 e. The van der Waals surface area contributed by atoms with Gasteiger partial charge in [-0.05, 0) is 52.4 Å². The van der Waals surface area contributed by atoms with Gasteiger partial charge in [0, 0.05) is 34.8 Å². The van der Waals surface area contributed by atoms with Gasteiger partial charge in [0.2, 0.25) is 0 Å². The zero-order valence-corrected chi connectivity index (χ0v) is 15.0. The monoisotopic (exact) mass is 400 g/mol. The molecule has 24 heavy (non-hydrogen) atoms. The predicted molar refractivity (Wildman–Crippen MR) is 98.9 cm³/mol. The second kappa shape index (κ2) is 6.49. The standard InChI is InChI=1S/C17H13BrN4OS/c18-15-4-2-10(7-20-15)13-3-1-11(8-19-13)16-21-14-5-6-24-9-12(14)17(23)22-16/h1-4,7-8H,5-6,9H2,(H,21,22,23). The van der Waals surface area contributed by atoms with Gasteiger partial charge in [-0.2, -0.15) is 11.8 Å². The van der Waals surface area contributed by atoms with Gasteiger partial charge in [0.15, 0.2) is 0 Å². The molecule has 4 rings (SSSR count). The van der Waals surface area contributed by atoms with Crippen LogP contribution in [0.15, 0.2) is 46.1 Å². The maximum absolute atomic E-state index is 12.2. The minimum absolute atomic E-state index is 0.0385. The quantitative estimate of drug-likeness (QED) is 0.666. The molecule has 1 N–H and O–H groups in total. The van der Waals surface area contributed by atoms with E-state index in [-0.39, 0.29) is 5.56 Å². The van der Waals surface area contributed by atoms with E-state index in [1.165, 1.54) is 0 Å². The molecule has 120 valence electrons. The van der Waals surface area contributed by atoms with E-state index in [4.69, 9.17) is 0 Å². The number of nitrogens with one attached hydrogen (secondary N) is 1. The highest BCUT2D eigenvalue weighted by molar-refractivity contribution is 9.10. The summed E-state index contributed by atoms with van der Waals surface area (Å²) in [6.07, 6.45) is 4.34. The molecule has 0 fully saturated rings. The average Bonchev–Trinajstić information content (AvgIpc) is 2.62. The van der Waals surface area contributed by atoms with Crippen LogP contribution < -0.4 is 5.56 Å². The molecule has 7 heteroatoms. The van der Waals surface area contributed by atoms with Crippen molar-refractivity contribution in [3.05, 3.63) is 62.9 Å². The second-order valence-corrected chi connectivity index (χ2v) is 7.36. The zero-order chi connectivity index (χ0) is 16.5. The van der Waals surface area contributed by atoms with E-state index in [2.05, 4.69) is 35.9 Å². The molecular weight excluding hydrogens is 388 g/mol. The van der Waals surface area contributed by atoms with Crippen molar-refractivity contribution in [2.75, 3.05) is 5.75 Å². The van der Waals surface area contributed by atoms with Crippen molar-refractivity contribution in [1.29, 1.82) is 0 Å². The van der Waals surface area contributed by atoms with Crippen LogP contribution in [0.4, 0.5) is 0 Å². The smallest absolute Gasteiger partial charge is 0.255 e. The number of hydrogen-bond acceptors (Lipinski definition) is 5. The fourth-order valence-corrected chi connectivity index (χ4v) is 3.83. The van der Waals surface area contributed by atoms with Crippen LogP contribution in [-0.4, -0.2) is 25.7 Å². The lowest BCUT2D eigenvalue weighted by atomic mass is 10.1. The number of H-pyrrole nitrogens is 1. The number of rotatable bonds is 2. The first-order chi connectivity index (χ1) is 11.7. The van der Waals surface area contributed by atoms with Gasteiger partial charge >= 0.3 is 0 Å². The SMILES string of the molecule is O=c1[nH]c(-c2ccc(-c3ccc(Br)nc3)nc2)nc2c1CSCC2. The molecule has 0 amide bonds. The summed E-state index contributed by atoms with van der Waals surface area (Å²) in [5, 5.41) is 0. The van der Waals surface area contributed by atoms with E-state index in [9.17, 15) is 4.79 Å². The summed E-state index contributed by atoms with van der Waals surface area (Å²) in [6.45, 7) is 0. The van der Waals surface area contributed by atoms with E-state index in [0.29, 0.717) is 5.82 Å². The molecule has 0 saturated heterocycles. The second-order valence-electron chi connectivity index (χ2n) is 5.44. The Morgan fingerprint density at radius 3 is 2.67 bits per heavy atom. The summed E-state index contributed by atoms with van der Waals surface area (Å²) in [4.78, 5) is 28.4. The molecule has 0 bridgehead atoms. The number of thioether (sulfide) groups is 1. The van der Waals surface area contributed by atoms with E-state index in [0.717, 1.165) is 50.6 Å². The number of aromatic nitrogens is 4. The van der Waals surface area contributed by atoms with Crippen molar-refractivity contribution in [2.45, 2.75) is 12.2 Å². The van der Waals surface area contributed by atoms with Gasteiger partial charge in [-0.3, -0.25) is 9.78 Å². The van der Waals surface area contributed by atoms with Gasteiger partial charge in [-0.15, -0.1) is 0 Å². The van der Waals surface area contributed by atoms with Crippen LogP contribution in [0.2, 0.25) is 0 Å². The molecule has 0 aliphatic carbocycles. The normalized spacial score (nSPS) is 13.5. The zero-order valence-electron chi connectivity index (χ0n) is 12.6. The number of aryl methyl sites for hydroxylation is 1. The number of fused-ring (bicyclic) bond motifs is 1. The van der Waals surface area contributed by atoms with E-state index >= 15 is 0 Å². The highest BCUT2D eigenvalue weighted by Gasteiger charge is 2.16. The molecular formula is C17H13BrN4OS. The Morgan fingerprint density at radius 2 is 1.92 bits per heavy atom. The minimum atomic E-state index is -0.0385. The first kappa shape index (κ1) is 15.5. The van der Waals surface area contributed by atoms with Gasteiger partial charge in [0.1, 0.15) is 10.4 Å². The number of halogens is 1. The van der Waals surface area contributed by atoms with Gasteiger partial charge in [0.05, 0.1) is 11.4 Å². The highest BCUT2D eigenvalue weighted by Crippen LogP contribution is 2.24. The Labute approximate surface area is 151 Å². The Morgan fingerprint density at radius 1 is 1.08 bits per heavy atom. The third-order valence-electron chi connectivity index (χ3n) is 3.89. The molecule has 0 radical (unpaired) electrons. The van der Waals surface area contributed by atoms with Crippen LogP contribution >= 0.6 is 27.7 Å². The molecule has 1 aliphatic heterocycles. The first-order valence-corrected chi connectivity index (χ1v) is 9.43. The number of pyridine rings is 2. The molecule has 0 aromatic carbocycles. The molecule has 1 aliphatic rings. The maximum atomic E-state index is 12.2. The summed E-state index contributed by atoms with van der Waals surface area (Å²) in [6, 6.07) is 7.67. The summed E-state index contributed by atoms with van der Waals surface area (Å²) in [5.41, 5.74) is 4.25. The van der Waals surface area contributed by atoms with Crippen molar-refractivity contribution in [3.63, 3.8) is 0 Å². The predicted octanol–water partition coefficient (Wildman–Crippen LogP) is 3.45. The lowest BCUT2D eigenvalue weighted by Crippen LogP contribution is -2.21. The van der Waals surface area contributed by atoms with Crippen molar-refractivity contribution in [3.8, 4) is 22.6 Å². The molecule has 0 unspecified atom stereocenters. The third kappa shape index (κ3) is 3.01. The largest absolute Gasteiger partial charge is 0.306 e. The number of nitrogens with zero attached hydrogens (tertiary/aromatic N) is 3. The van der Waals surface area contributed by atoms with E-state index in [1.54, 1.807) is 24.2 Å². The van der Waals surface area contributed by atoms with Crippen LogP contribution in [0.25, 0.3) is 22.6 Å². The van der Waals surface area contributed by atoms with Gasteiger partial charge in [-0.1, -0.05) is 0 Å². The van der Waals surface area contributed by atoms with Crippen molar-refractivity contribution < 1.29 is 0 Å². The molecule has 3 aromatic heterocycles. The molecule has 0 saturated carbocycles. The number of aromatic amines is 1. The molecule has 0 atom stereocenters. The van der Waals surface area contributed by atoms with Crippen LogP contribution in [-0.2, 0) is 12.2 Å². The van der Waals surface area contributed by atoms with Crippen LogP contribution in [0.3, 0.4) is 0 Å². The van der Waals surface area contributed by atoms with Crippen molar-refractivity contribution >= 4 is 27.7 Å². The average molecular weight is 401 g/mol. The molecule has 0 spiro atoms. The summed E-state index contributed by atoms with van der Waals surface area (Å²) in [5.74, 6) is 2.33. The molecule has 4 heterocycles. The van der Waals surface area contributed by atoms with Gasteiger partial charge in [0.25, 0.3) is 5.56 Å². The minimum Gasteiger partial charge on any atom is -0.306 e. The van der Waals surface area contributed by atoms with Crippen LogP contribution in [0, 0.1) is 0 Å². The Kier molecular flexibility index (Phi) is 4.20. The fourth-order valence-electron chi connectivity index (χ4n) is 2.61. The van der Waals surface area contributed by atoms with Crippen LogP contribution in [0.1, 0.15) is 11.3 Å². The summed E-state index contributed by atoms with van der Waals surface area (Å²) in [7, 11) is 0. The van der Waals surface area contributed by atoms with Crippen LogP contribution in [0.5, 0.6) is 0 Å². The third-order valence-corrected chi connectivity index (χ3v) is 5.35. The Balaban J connectivity index is 1.69. The lowest BCUT2D eigenvalue weighted by Gasteiger charge is -2.14. The first-order valence-electron chi connectivity index (χ1n) is 7.49. The van der Waals surface area contributed by atoms with Crippen molar-refractivity contribution in [2.24, 2.45) is 0 Å². The van der Waals surface area contributed by atoms with Gasteiger partial charge < -0.3 is 4.98 Å². The van der Waals surface area contributed by atoms with Crippen molar-refractivity contribution in [1.82, 2.24) is 19.9 Å². The van der Waals surface area contributed by atoms with E-state index < -0.39 is 0 Å². The summed E-state index contributed by atoms with van der Waals surface area (Å²) >= 11 is 5.09. The van der Waals surface area contributed by atoms with E-state index in [1.807, 2.05) is 24.3 Å². The summed E-state index contributed by atoms with van der Waals surface area (Å²) < 4.78 is 0.789. The molecule has 5 nitrogen and oxygen atoms in total. The lowest BCUT2D eigenvalue weighted by molar-refractivity contribution is 0.937.